The smallest absolute Gasteiger partial charge is 0.141 e. The largest absolute Gasteiger partial charge is 0.299 e. The van der Waals surface area contributed by atoms with Crippen molar-refractivity contribution >= 4 is 5.78 Å². The van der Waals surface area contributed by atoms with E-state index < -0.39 is 0 Å². The van der Waals surface area contributed by atoms with Gasteiger partial charge in [0.2, 0.25) is 0 Å². The molecule has 0 saturated carbocycles. The van der Waals surface area contributed by atoms with Crippen molar-refractivity contribution in [2.45, 2.75) is 33.1 Å². The minimum atomic E-state index is 0.228. The Kier molecular flexibility index (Phi) is 4.85. The molecule has 3 aromatic rings. The lowest BCUT2D eigenvalue weighted by molar-refractivity contribution is -0.117. The molecule has 0 radical (unpaired) electrons. The van der Waals surface area contributed by atoms with E-state index >= 15 is 0 Å². The van der Waals surface area contributed by atoms with Gasteiger partial charge in [0, 0.05) is 12.8 Å². The molecule has 0 spiro atoms. The van der Waals surface area contributed by atoms with Crippen LogP contribution in [0, 0.1) is 6.92 Å². The van der Waals surface area contributed by atoms with Gasteiger partial charge >= 0.3 is 0 Å². The number of carbonyl (C=O) groups is 1. The van der Waals surface area contributed by atoms with Crippen LogP contribution in [0.4, 0.5) is 0 Å². The summed E-state index contributed by atoms with van der Waals surface area (Å²) in [5.41, 5.74) is 5.21. The number of Topliss-reactive ketones (excluding diaryl/α,β-unsaturated/α-hetero) is 1. The maximum absolute atomic E-state index is 12.3. The Labute approximate surface area is 142 Å². The molecule has 0 saturated heterocycles. The minimum Gasteiger partial charge on any atom is -0.299 e. The van der Waals surface area contributed by atoms with E-state index in [-0.39, 0.29) is 5.78 Å². The lowest BCUT2D eigenvalue weighted by Gasteiger charge is -2.06. The third-order valence-electron chi connectivity index (χ3n) is 4.15. The monoisotopic (exact) mass is 319 g/mol. The molecule has 0 amide bonds. The molecular weight excluding hydrogens is 298 g/mol. The van der Waals surface area contributed by atoms with Gasteiger partial charge in [-0.25, -0.2) is 4.68 Å². The quantitative estimate of drug-likeness (QED) is 0.699. The number of benzene rings is 2. The highest BCUT2D eigenvalue weighted by Crippen LogP contribution is 2.13. The SMILES string of the molecule is CCc1cn(-c2ccc(CC(=O)Cc3ccccc3C)cc2)nn1. The summed E-state index contributed by atoms with van der Waals surface area (Å²) in [6.07, 6.45) is 3.73. The normalized spacial score (nSPS) is 10.8. The first-order chi connectivity index (χ1) is 11.7. The van der Waals surface area contributed by atoms with Crippen LogP contribution in [0.25, 0.3) is 5.69 Å². The van der Waals surface area contributed by atoms with Crippen LogP contribution in [-0.2, 0) is 24.1 Å². The highest BCUT2D eigenvalue weighted by Gasteiger charge is 2.08. The maximum Gasteiger partial charge on any atom is 0.141 e. The molecule has 0 aliphatic rings. The molecule has 3 rings (SSSR count). The molecular formula is C20H21N3O. The van der Waals surface area contributed by atoms with Gasteiger partial charge in [-0.2, -0.15) is 0 Å². The fourth-order valence-electron chi connectivity index (χ4n) is 2.66. The summed E-state index contributed by atoms with van der Waals surface area (Å²) in [5.74, 6) is 0.228. The molecule has 0 unspecified atom stereocenters. The predicted octanol–water partition coefficient (Wildman–Crippen LogP) is 3.49. The molecule has 0 N–H and O–H groups in total. The lowest BCUT2D eigenvalue weighted by Crippen LogP contribution is -2.07. The predicted molar refractivity (Wildman–Crippen MR) is 94.3 cm³/mol. The summed E-state index contributed by atoms with van der Waals surface area (Å²) >= 11 is 0. The fraction of sp³-hybridized carbons (Fsp3) is 0.250. The van der Waals surface area contributed by atoms with Gasteiger partial charge < -0.3 is 0 Å². The van der Waals surface area contributed by atoms with Gasteiger partial charge in [-0.1, -0.05) is 48.5 Å². The van der Waals surface area contributed by atoms with Crippen molar-refractivity contribution in [1.82, 2.24) is 15.0 Å². The Hall–Kier alpha value is -2.75. The second kappa shape index (κ2) is 7.21. The highest BCUT2D eigenvalue weighted by molar-refractivity contribution is 5.83. The number of aromatic nitrogens is 3. The van der Waals surface area contributed by atoms with E-state index in [2.05, 4.69) is 17.2 Å². The Morgan fingerprint density at radius 3 is 2.46 bits per heavy atom. The van der Waals surface area contributed by atoms with Crippen LogP contribution >= 0.6 is 0 Å². The van der Waals surface area contributed by atoms with Crippen LogP contribution in [0.3, 0.4) is 0 Å². The molecule has 0 aliphatic carbocycles. The molecule has 0 aliphatic heterocycles. The number of hydrogen-bond acceptors (Lipinski definition) is 3. The second-order valence-corrected chi connectivity index (χ2v) is 5.99. The minimum absolute atomic E-state index is 0.228. The van der Waals surface area contributed by atoms with Crippen LogP contribution < -0.4 is 0 Å². The molecule has 122 valence electrons. The van der Waals surface area contributed by atoms with Gasteiger partial charge in [0.25, 0.3) is 0 Å². The summed E-state index contributed by atoms with van der Waals surface area (Å²) < 4.78 is 1.76. The Balaban J connectivity index is 1.65. The first kappa shape index (κ1) is 16.1. The molecule has 4 heteroatoms. The third-order valence-corrected chi connectivity index (χ3v) is 4.15. The molecule has 0 fully saturated rings. The van der Waals surface area contributed by atoms with Crippen LogP contribution in [0.15, 0.2) is 54.7 Å². The topological polar surface area (TPSA) is 47.8 Å². The van der Waals surface area contributed by atoms with E-state index in [0.29, 0.717) is 12.8 Å². The zero-order valence-corrected chi connectivity index (χ0v) is 14.1. The summed E-state index contributed by atoms with van der Waals surface area (Å²) in [4.78, 5) is 12.3. The zero-order chi connectivity index (χ0) is 16.9. The molecule has 0 bridgehead atoms. The van der Waals surface area contributed by atoms with Gasteiger partial charge in [0.1, 0.15) is 5.78 Å². The van der Waals surface area contributed by atoms with Gasteiger partial charge in [-0.05, 0) is 42.2 Å². The Bertz CT molecular complexity index is 834. The maximum atomic E-state index is 12.3. The van der Waals surface area contributed by atoms with E-state index in [1.54, 1.807) is 4.68 Å². The first-order valence-corrected chi connectivity index (χ1v) is 8.22. The number of nitrogens with zero attached hydrogens (tertiary/aromatic N) is 3. The van der Waals surface area contributed by atoms with Crippen molar-refractivity contribution in [3.63, 3.8) is 0 Å². The van der Waals surface area contributed by atoms with E-state index in [1.165, 1.54) is 5.56 Å². The molecule has 0 atom stereocenters. The van der Waals surface area contributed by atoms with Gasteiger partial charge in [-0.15, -0.1) is 5.10 Å². The number of ketones is 1. The van der Waals surface area contributed by atoms with Gasteiger partial charge in [0.05, 0.1) is 17.6 Å². The zero-order valence-electron chi connectivity index (χ0n) is 14.1. The van der Waals surface area contributed by atoms with E-state index in [4.69, 9.17) is 0 Å². The van der Waals surface area contributed by atoms with Gasteiger partial charge in [-0.3, -0.25) is 4.79 Å². The summed E-state index contributed by atoms with van der Waals surface area (Å²) in [7, 11) is 0. The van der Waals surface area contributed by atoms with E-state index in [0.717, 1.165) is 28.9 Å². The average molecular weight is 319 g/mol. The average Bonchev–Trinajstić information content (AvgIpc) is 3.07. The molecule has 24 heavy (non-hydrogen) atoms. The fourth-order valence-corrected chi connectivity index (χ4v) is 2.66. The molecule has 2 aromatic carbocycles. The van der Waals surface area contributed by atoms with Gasteiger partial charge in [0.15, 0.2) is 0 Å². The van der Waals surface area contributed by atoms with Crippen LogP contribution in [0.5, 0.6) is 0 Å². The number of aryl methyl sites for hydroxylation is 2. The molecule has 1 aromatic heterocycles. The molecule has 4 nitrogen and oxygen atoms in total. The van der Waals surface area contributed by atoms with E-state index in [1.807, 2.05) is 61.7 Å². The summed E-state index contributed by atoms with van der Waals surface area (Å²) in [6, 6.07) is 16.0. The van der Waals surface area contributed by atoms with Crippen molar-refractivity contribution < 1.29 is 4.79 Å². The van der Waals surface area contributed by atoms with Crippen molar-refractivity contribution in [2.24, 2.45) is 0 Å². The third kappa shape index (κ3) is 3.77. The number of carbonyl (C=O) groups excluding carboxylic acids is 1. The lowest BCUT2D eigenvalue weighted by atomic mass is 9.99. The van der Waals surface area contributed by atoms with E-state index in [9.17, 15) is 4.79 Å². The van der Waals surface area contributed by atoms with Crippen LogP contribution in [0.1, 0.15) is 29.3 Å². The van der Waals surface area contributed by atoms with Crippen molar-refractivity contribution in [2.75, 3.05) is 0 Å². The first-order valence-electron chi connectivity index (χ1n) is 8.22. The Morgan fingerprint density at radius 1 is 1.04 bits per heavy atom. The summed E-state index contributed by atoms with van der Waals surface area (Å²) in [6.45, 7) is 4.09. The standard InChI is InChI=1S/C20H21N3O/c1-3-18-14-23(22-21-18)19-10-8-16(9-11-19)12-20(24)13-17-7-5-4-6-15(17)2/h4-11,14H,3,12-13H2,1-2H3. The number of rotatable bonds is 6. The van der Waals surface area contributed by atoms with Crippen molar-refractivity contribution in [3.05, 3.63) is 77.1 Å². The van der Waals surface area contributed by atoms with Crippen molar-refractivity contribution in [3.8, 4) is 5.69 Å². The van der Waals surface area contributed by atoms with Crippen molar-refractivity contribution in [1.29, 1.82) is 0 Å². The second-order valence-electron chi connectivity index (χ2n) is 5.99. The molecule has 1 heterocycles. The van der Waals surface area contributed by atoms with Crippen LogP contribution in [-0.4, -0.2) is 20.8 Å². The van der Waals surface area contributed by atoms with Crippen LogP contribution in [0.2, 0.25) is 0 Å². The Morgan fingerprint density at radius 2 is 1.79 bits per heavy atom. The highest BCUT2D eigenvalue weighted by atomic mass is 16.1. The number of hydrogen-bond donors (Lipinski definition) is 0. The summed E-state index contributed by atoms with van der Waals surface area (Å²) in [5, 5.41) is 8.21.